The van der Waals surface area contributed by atoms with Crippen molar-refractivity contribution in [3.05, 3.63) is 35.9 Å². The number of methoxy groups -OCH3 is 1. The molecule has 0 aliphatic heterocycles. The SMILES string of the molecule is CCN(Cc1ccccc1)C(COC)C(=O)NN. The van der Waals surface area contributed by atoms with E-state index in [0.29, 0.717) is 13.2 Å². The van der Waals surface area contributed by atoms with Crippen molar-refractivity contribution < 1.29 is 9.53 Å². The maximum absolute atomic E-state index is 11.7. The summed E-state index contributed by atoms with van der Waals surface area (Å²) in [7, 11) is 1.58. The van der Waals surface area contributed by atoms with Crippen LogP contribution in [0.1, 0.15) is 12.5 Å². The molecular formula is C13H21N3O2. The molecule has 1 rings (SSSR count). The summed E-state index contributed by atoms with van der Waals surface area (Å²) in [6, 6.07) is 9.64. The minimum atomic E-state index is -0.370. The highest BCUT2D eigenvalue weighted by molar-refractivity contribution is 5.81. The summed E-state index contributed by atoms with van der Waals surface area (Å²) < 4.78 is 5.09. The first-order chi connectivity index (χ1) is 8.72. The number of ether oxygens (including phenoxy) is 1. The number of nitrogens with zero attached hydrogens (tertiary/aromatic N) is 1. The number of likely N-dealkylation sites (N-methyl/N-ethyl adjacent to an activating group) is 1. The number of carbonyl (C=O) groups excluding carboxylic acids is 1. The lowest BCUT2D eigenvalue weighted by Crippen LogP contribution is -2.51. The molecule has 1 amide bonds. The predicted octanol–water partition coefficient (Wildman–Crippen LogP) is 0.513. The number of benzene rings is 1. The van der Waals surface area contributed by atoms with Gasteiger partial charge in [0.1, 0.15) is 6.04 Å². The van der Waals surface area contributed by atoms with Crippen molar-refractivity contribution in [2.24, 2.45) is 5.84 Å². The highest BCUT2D eigenvalue weighted by Gasteiger charge is 2.24. The van der Waals surface area contributed by atoms with E-state index in [1.165, 1.54) is 0 Å². The molecule has 5 nitrogen and oxygen atoms in total. The van der Waals surface area contributed by atoms with Crippen molar-refractivity contribution in [1.29, 1.82) is 0 Å². The van der Waals surface area contributed by atoms with Gasteiger partial charge in [-0.1, -0.05) is 37.3 Å². The van der Waals surface area contributed by atoms with E-state index >= 15 is 0 Å². The Bertz CT molecular complexity index is 357. The average Bonchev–Trinajstić information content (AvgIpc) is 2.43. The van der Waals surface area contributed by atoms with Gasteiger partial charge >= 0.3 is 0 Å². The maximum Gasteiger partial charge on any atom is 0.253 e. The molecule has 0 aliphatic rings. The van der Waals surface area contributed by atoms with Crippen LogP contribution in [0, 0.1) is 0 Å². The standard InChI is InChI=1S/C13H21N3O2/c1-3-16(9-11-7-5-4-6-8-11)12(10-18-2)13(17)15-14/h4-8,12H,3,9-10,14H2,1-2H3,(H,15,17). The van der Waals surface area contributed by atoms with Gasteiger partial charge in [0, 0.05) is 13.7 Å². The fraction of sp³-hybridized carbons (Fsp3) is 0.462. The molecule has 18 heavy (non-hydrogen) atoms. The topological polar surface area (TPSA) is 67.6 Å². The van der Waals surface area contributed by atoms with Gasteiger partial charge in [0.15, 0.2) is 0 Å². The molecule has 0 heterocycles. The average molecular weight is 251 g/mol. The van der Waals surface area contributed by atoms with Crippen molar-refractivity contribution in [1.82, 2.24) is 10.3 Å². The third-order valence-electron chi connectivity index (χ3n) is 2.84. The Morgan fingerprint density at radius 2 is 2.11 bits per heavy atom. The van der Waals surface area contributed by atoms with Gasteiger partial charge in [0.25, 0.3) is 5.91 Å². The van der Waals surface area contributed by atoms with E-state index in [1.54, 1.807) is 7.11 Å². The zero-order valence-electron chi connectivity index (χ0n) is 10.9. The van der Waals surface area contributed by atoms with Gasteiger partial charge < -0.3 is 4.74 Å². The second-order valence-corrected chi connectivity index (χ2v) is 4.03. The second-order valence-electron chi connectivity index (χ2n) is 4.03. The van der Waals surface area contributed by atoms with E-state index in [-0.39, 0.29) is 11.9 Å². The molecule has 3 N–H and O–H groups in total. The van der Waals surface area contributed by atoms with Gasteiger partial charge in [-0.3, -0.25) is 15.1 Å². The molecule has 1 atom stereocenters. The molecule has 0 aliphatic carbocycles. The van der Waals surface area contributed by atoms with E-state index < -0.39 is 0 Å². The van der Waals surface area contributed by atoms with Crippen LogP contribution in [0.25, 0.3) is 0 Å². The van der Waals surface area contributed by atoms with E-state index in [0.717, 1.165) is 12.1 Å². The number of hydrazine groups is 1. The summed E-state index contributed by atoms with van der Waals surface area (Å²) >= 11 is 0. The smallest absolute Gasteiger partial charge is 0.253 e. The van der Waals surface area contributed by atoms with Crippen molar-refractivity contribution in [2.45, 2.75) is 19.5 Å². The van der Waals surface area contributed by atoms with Crippen molar-refractivity contribution in [3.8, 4) is 0 Å². The lowest BCUT2D eigenvalue weighted by molar-refractivity contribution is -0.128. The number of hydrogen-bond acceptors (Lipinski definition) is 4. The van der Waals surface area contributed by atoms with Crippen molar-refractivity contribution >= 4 is 5.91 Å². The summed E-state index contributed by atoms with van der Waals surface area (Å²) in [5, 5.41) is 0. The van der Waals surface area contributed by atoms with Crippen LogP contribution in [0.2, 0.25) is 0 Å². The highest BCUT2D eigenvalue weighted by Crippen LogP contribution is 2.08. The van der Waals surface area contributed by atoms with Crippen LogP contribution < -0.4 is 11.3 Å². The van der Waals surface area contributed by atoms with Gasteiger partial charge in [0.2, 0.25) is 0 Å². The number of nitrogens with one attached hydrogen (secondary N) is 1. The Balaban J connectivity index is 2.75. The molecule has 1 unspecified atom stereocenters. The Kier molecular flexibility index (Phi) is 6.35. The van der Waals surface area contributed by atoms with Gasteiger partial charge in [-0.2, -0.15) is 0 Å². The van der Waals surface area contributed by atoms with Gasteiger partial charge in [0.05, 0.1) is 6.61 Å². The lowest BCUT2D eigenvalue weighted by Gasteiger charge is -2.28. The first-order valence-corrected chi connectivity index (χ1v) is 6.00. The van der Waals surface area contributed by atoms with E-state index in [2.05, 4.69) is 5.43 Å². The Morgan fingerprint density at radius 1 is 1.44 bits per heavy atom. The zero-order chi connectivity index (χ0) is 13.4. The Morgan fingerprint density at radius 3 is 2.61 bits per heavy atom. The van der Waals surface area contributed by atoms with Crippen LogP contribution in [-0.2, 0) is 16.1 Å². The number of carbonyl (C=O) groups is 1. The van der Waals surface area contributed by atoms with Crippen LogP contribution in [0.15, 0.2) is 30.3 Å². The van der Waals surface area contributed by atoms with E-state index in [4.69, 9.17) is 10.6 Å². The molecule has 1 aromatic carbocycles. The first-order valence-electron chi connectivity index (χ1n) is 6.00. The molecule has 1 aromatic rings. The fourth-order valence-electron chi connectivity index (χ4n) is 1.86. The molecule has 0 saturated heterocycles. The van der Waals surface area contributed by atoms with Crippen molar-refractivity contribution in [2.75, 3.05) is 20.3 Å². The number of hydrogen-bond donors (Lipinski definition) is 2. The predicted molar refractivity (Wildman–Crippen MR) is 70.5 cm³/mol. The number of rotatable bonds is 7. The van der Waals surface area contributed by atoms with E-state index in [1.807, 2.05) is 42.2 Å². The molecule has 0 fully saturated rings. The molecule has 0 spiro atoms. The summed E-state index contributed by atoms with van der Waals surface area (Å²) in [6.07, 6.45) is 0. The Hall–Kier alpha value is -1.43. The first kappa shape index (κ1) is 14.6. The lowest BCUT2D eigenvalue weighted by atomic mass is 10.1. The fourth-order valence-corrected chi connectivity index (χ4v) is 1.86. The molecule has 0 radical (unpaired) electrons. The van der Waals surface area contributed by atoms with Crippen LogP contribution in [0.3, 0.4) is 0 Å². The van der Waals surface area contributed by atoms with Crippen LogP contribution in [0.4, 0.5) is 0 Å². The Labute approximate surface area is 108 Å². The van der Waals surface area contributed by atoms with Crippen molar-refractivity contribution in [3.63, 3.8) is 0 Å². The number of amides is 1. The summed E-state index contributed by atoms with van der Waals surface area (Å²) in [6.45, 7) is 3.77. The van der Waals surface area contributed by atoms with Crippen LogP contribution in [0.5, 0.6) is 0 Å². The van der Waals surface area contributed by atoms with Crippen LogP contribution >= 0.6 is 0 Å². The van der Waals surface area contributed by atoms with Gasteiger partial charge in [-0.05, 0) is 12.1 Å². The maximum atomic E-state index is 11.7. The third kappa shape index (κ3) is 4.10. The molecule has 100 valence electrons. The van der Waals surface area contributed by atoms with Gasteiger partial charge in [-0.25, -0.2) is 5.84 Å². The van der Waals surface area contributed by atoms with Gasteiger partial charge in [-0.15, -0.1) is 0 Å². The quantitative estimate of drug-likeness (QED) is 0.421. The molecule has 0 saturated carbocycles. The van der Waals surface area contributed by atoms with Crippen LogP contribution in [-0.4, -0.2) is 37.1 Å². The summed E-state index contributed by atoms with van der Waals surface area (Å²) in [4.78, 5) is 13.8. The molecule has 0 bridgehead atoms. The monoisotopic (exact) mass is 251 g/mol. The number of nitrogens with two attached hydrogens (primary N) is 1. The molecule has 0 aromatic heterocycles. The van der Waals surface area contributed by atoms with E-state index in [9.17, 15) is 4.79 Å². The minimum absolute atomic E-state index is 0.227. The zero-order valence-corrected chi connectivity index (χ0v) is 10.9. The summed E-state index contributed by atoms with van der Waals surface area (Å²) in [5.74, 6) is 4.98. The molecular weight excluding hydrogens is 230 g/mol. The highest BCUT2D eigenvalue weighted by atomic mass is 16.5. The summed E-state index contributed by atoms with van der Waals surface area (Å²) in [5.41, 5.74) is 3.35. The second kappa shape index (κ2) is 7.81. The third-order valence-corrected chi connectivity index (χ3v) is 2.84. The normalized spacial score (nSPS) is 12.4. The molecule has 5 heteroatoms. The minimum Gasteiger partial charge on any atom is -0.383 e. The largest absolute Gasteiger partial charge is 0.383 e.